The zero-order valence-electron chi connectivity index (χ0n) is 10.2. The number of amides is 1. The van der Waals surface area contributed by atoms with Gasteiger partial charge in [-0.25, -0.2) is 0 Å². The number of rotatable bonds is 4. The summed E-state index contributed by atoms with van der Waals surface area (Å²) in [5.74, 6) is 0.584. The first-order valence-corrected chi connectivity index (χ1v) is 6.73. The number of thioether (sulfide) groups is 1. The quantitative estimate of drug-likeness (QED) is 0.748. The van der Waals surface area contributed by atoms with Crippen LogP contribution in [0.2, 0.25) is 0 Å². The van der Waals surface area contributed by atoms with E-state index in [2.05, 4.69) is 18.0 Å². The third-order valence-corrected chi connectivity index (χ3v) is 3.43. The molecule has 0 radical (unpaired) electrons. The van der Waals surface area contributed by atoms with Crippen LogP contribution < -0.4 is 5.32 Å². The van der Waals surface area contributed by atoms with Gasteiger partial charge in [0.25, 0.3) is 5.24 Å². The van der Waals surface area contributed by atoms with Gasteiger partial charge in [0, 0.05) is 6.04 Å². The average molecular weight is 239 g/mol. The van der Waals surface area contributed by atoms with Crippen molar-refractivity contribution >= 4 is 17.0 Å². The van der Waals surface area contributed by atoms with Crippen molar-refractivity contribution in [2.75, 3.05) is 0 Å². The van der Waals surface area contributed by atoms with Crippen LogP contribution in [0.1, 0.15) is 39.5 Å². The van der Waals surface area contributed by atoms with Gasteiger partial charge in [-0.3, -0.25) is 4.79 Å². The molecular weight excluding hydrogens is 218 g/mol. The Morgan fingerprint density at radius 3 is 3.12 bits per heavy atom. The fraction of sp³-hybridized carbons (Fsp3) is 0.615. The van der Waals surface area contributed by atoms with Gasteiger partial charge in [0.1, 0.15) is 0 Å². The minimum absolute atomic E-state index is 0.0699. The van der Waals surface area contributed by atoms with Crippen LogP contribution in [0.15, 0.2) is 23.6 Å². The molecule has 2 nitrogen and oxygen atoms in total. The van der Waals surface area contributed by atoms with Crippen molar-refractivity contribution in [1.29, 1.82) is 0 Å². The Morgan fingerprint density at radius 1 is 1.75 bits per heavy atom. The van der Waals surface area contributed by atoms with Gasteiger partial charge in [0.05, 0.1) is 0 Å². The topological polar surface area (TPSA) is 29.1 Å². The van der Waals surface area contributed by atoms with Crippen LogP contribution >= 0.6 is 11.8 Å². The van der Waals surface area contributed by atoms with Gasteiger partial charge >= 0.3 is 0 Å². The molecule has 1 N–H and O–H groups in total. The van der Waals surface area contributed by atoms with Crippen LogP contribution in [-0.2, 0) is 0 Å². The highest BCUT2D eigenvalue weighted by Crippen LogP contribution is 2.32. The maximum atomic E-state index is 11.6. The van der Waals surface area contributed by atoms with Crippen LogP contribution in [0.3, 0.4) is 0 Å². The summed E-state index contributed by atoms with van der Waals surface area (Å²) in [6, 6.07) is 0.216. The first kappa shape index (κ1) is 13.4. The van der Waals surface area contributed by atoms with E-state index in [4.69, 9.17) is 0 Å². The fourth-order valence-electron chi connectivity index (χ4n) is 1.84. The van der Waals surface area contributed by atoms with Gasteiger partial charge < -0.3 is 5.32 Å². The lowest BCUT2D eigenvalue weighted by Gasteiger charge is -2.19. The second-order valence-electron chi connectivity index (χ2n) is 4.50. The highest BCUT2D eigenvalue weighted by Gasteiger charge is 2.15. The Kier molecular flexibility index (Phi) is 5.67. The van der Waals surface area contributed by atoms with Gasteiger partial charge in [-0.2, -0.15) is 0 Å². The Balaban J connectivity index is 2.46. The molecule has 0 fully saturated rings. The predicted molar refractivity (Wildman–Crippen MR) is 71.5 cm³/mol. The van der Waals surface area contributed by atoms with Crippen LogP contribution in [0.4, 0.5) is 4.79 Å². The molecule has 0 spiro atoms. The highest BCUT2D eigenvalue weighted by molar-refractivity contribution is 8.16. The maximum Gasteiger partial charge on any atom is 0.283 e. The van der Waals surface area contributed by atoms with Crippen molar-refractivity contribution in [2.45, 2.75) is 45.6 Å². The van der Waals surface area contributed by atoms with E-state index in [9.17, 15) is 4.79 Å². The number of hydrogen-bond donors (Lipinski definition) is 1. The molecule has 1 atom stereocenters. The molecule has 0 bridgehead atoms. The van der Waals surface area contributed by atoms with E-state index in [1.807, 2.05) is 19.9 Å². The van der Waals surface area contributed by atoms with Crippen molar-refractivity contribution in [2.24, 2.45) is 5.92 Å². The first-order chi connectivity index (χ1) is 7.61. The summed E-state index contributed by atoms with van der Waals surface area (Å²) in [6.45, 7) is 7.73. The predicted octanol–water partition coefficient (Wildman–Crippen LogP) is 4.10. The van der Waals surface area contributed by atoms with Crippen LogP contribution in [-0.4, -0.2) is 11.3 Å². The standard InChI is InChI=1S/C13H21NOS/c1-4-6-11-7-5-8-12(9-11)16-13(15)14-10(2)3/h4,9-11H,1,5-8H2,2-3H3,(H,14,15). The normalized spacial score (nSPS) is 20.4. The lowest BCUT2D eigenvalue weighted by molar-refractivity contribution is 0.259. The Hall–Kier alpha value is -0.700. The molecule has 0 heterocycles. The molecule has 1 unspecified atom stereocenters. The van der Waals surface area contributed by atoms with Gasteiger partial charge in [0.15, 0.2) is 0 Å². The molecule has 1 aliphatic carbocycles. The Labute approximate surface area is 103 Å². The van der Waals surface area contributed by atoms with Crippen LogP contribution in [0.25, 0.3) is 0 Å². The van der Waals surface area contributed by atoms with E-state index in [-0.39, 0.29) is 11.3 Å². The molecule has 0 aliphatic heterocycles. The maximum absolute atomic E-state index is 11.6. The minimum Gasteiger partial charge on any atom is -0.345 e. The molecule has 0 saturated heterocycles. The first-order valence-electron chi connectivity index (χ1n) is 5.91. The molecule has 0 aromatic rings. The van der Waals surface area contributed by atoms with E-state index in [1.54, 1.807) is 0 Å². The number of nitrogens with one attached hydrogen (secondary N) is 1. The van der Waals surface area contributed by atoms with Crippen molar-refractivity contribution in [3.8, 4) is 0 Å². The van der Waals surface area contributed by atoms with Gasteiger partial charge in [-0.1, -0.05) is 12.2 Å². The number of carbonyl (C=O) groups excluding carboxylic acids is 1. The van der Waals surface area contributed by atoms with Crippen LogP contribution in [0, 0.1) is 5.92 Å². The molecule has 3 heteroatoms. The summed E-state index contributed by atoms with van der Waals surface area (Å²) in [5.41, 5.74) is 0. The second kappa shape index (κ2) is 6.79. The molecule has 0 saturated carbocycles. The molecule has 0 aromatic carbocycles. The van der Waals surface area contributed by atoms with Crippen molar-refractivity contribution in [3.63, 3.8) is 0 Å². The zero-order chi connectivity index (χ0) is 12.0. The Morgan fingerprint density at radius 2 is 2.50 bits per heavy atom. The molecule has 0 aromatic heterocycles. The molecule has 1 rings (SSSR count). The average Bonchev–Trinajstić information content (AvgIpc) is 2.17. The fourth-order valence-corrected chi connectivity index (χ4v) is 2.88. The van der Waals surface area contributed by atoms with E-state index >= 15 is 0 Å². The van der Waals surface area contributed by atoms with Gasteiger partial charge in [-0.05, 0) is 62.1 Å². The summed E-state index contributed by atoms with van der Waals surface area (Å²) >= 11 is 1.36. The summed E-state index contributed by atoms with van der Waals surface area (Å²) in [7, 11) is 0. The monoisotopic (exact) mass is 239 g/mol. The van der Waals surface area contributed by atoms with Gasteiger partial charge in [-0.15, -0.1) is 6.58 Å². The highest BCUT2D eigenvalue weighted by atomic mass is 32.2. The third kappa shape index (κ3) is 4.88. The smallest absolute Gasteiger partial charge is 0.283 e. The summed E-state index contributed by atoms with van der Waals surface area (Å²) in [4.78, 5) is 12.8. The molecule has 16 heavy (non-hydrogen) atoms. The van der Waals surface area contributed by atoms with E-state index in [0.717, 1.165) is 12.8 Å². The van der Waals surface area contributed by atoms with Gasteiger partial charge in [0.2, 0.25) is 0 Å². The second-order valence-corrected chi connectivity index (χ2v) is 5.60. The van der Waals surface area contributed by atoms with Crippen LogP contribution in [0.5, 0.6) is 0 Å². The SMILES string of the molecule is C=CCC1C=C(SC(=O)NC(C)C)CCC1. The minimum atomic E-state index is 0.0699. The molecule has 90 valence electrons. The Bertz CT molecular complexity index is 284. The summed E-state index contributed by atoms with van der Waals surface area (Å²) in [6.07, 6.45) is 8.69. The lowest BCUT2D eigenvalue weighted by Crippen LogP contribution is -2.26. The van der Waals surface area contributed by atoms with Crippen molar-refractivity contribution in [1.82, 2.24) is 5.32 Å². The lowest BCUT2D eigenvalue weighted by atomic mass is 9.93. The van der Waals surface area contributed by atoms with Crippen molar-refractivity contribution < 1.29 is 4.79 Å². The summed E-state index contributed by atoms with van der Waals surface area (Å²) < 4.78 is 0. The summed E-state index contributed by atoms with van der Waals surface area (Å²) in [5, 5.41) is 2.97. The number of hydrogen-bond acceptors (Lipinski definition) is 2. The number of allylic oxidation sites excluding steroid dienone is 3. The molecule has 1 amide bonds. The van der Waals surface area contributed by atoms with E-state index < -0.39 is 0 Å². The number of carbonyl (C=O) groups is 1. The molecule has 1 aliphatic rings. The van der Waals surface area contributed by atoms with E-state index in [0.29, 0.717) is 5.92 Å². The van der Waals surface area contributed by atoms with E-state index in [1.165, 1.54) is 29.5 Å². The van der Waals surface area contributed by atoms with Crippen molar-refractivity contribution in [3.05, 3.63) is 23.6 Å². The molecular formula is C13H21NOS. The third-order valence-electron chi connectivity index (χ3n) is 2.52. The zero-order valence-corrected chi connectivity index (χ0v) is 11.0. The largest absolute Gasteiger partial charge is 0.345 e.